The first-order valence-electron chi connectivity index (χ1n) is 13.3. The first-order valence-corrected chi connectivity index (χ1v) is 13.3. The van der Waals surface area contributed by atoms with Gasteiger partial charge < -0.3 is 14.9 Å². The molecule has 4 heterocycles. The molecule has 1 aromatic heterocycles. The highest BCUT2D eigenvalue weighted by Gasteiger charge is 2.44. The number of hydrogen-bond donors (Lipinski definition) is 1. The summed E-state index contributed by atoms with van der Waals surface area (Å²) < 4.78 is 42.0. The molecule has 3 fully saturated rings. The number of rotatable bonds is 4. The first-order chi connectivity index (χ1) is 18.0. The maximum atomic E-state index is 13.6. The van der Waals surface area contributed by atoms with E-state index in [1.165, 1.54) is 24.4 Å². The molecule has 5 rings (SSSR count). The molecule has 1 spiro atoms. The third-order valence-electron chi connectivity index (χ3n) is 8.71. The van der Waals surface area contributed by atoms with Gasteiger partial charge in [0.25, 0.3) is 0 Å². The summed E-state index contributed by atoms with van der Waals surface area (Å²) in [7, 11) is 0. The molecule has 3 saturated heterocycles. The summed E-state index contributed by atoms with van der Waals surface area (Å²) in [5, 5.41) is 12.9. The van der Waals surface area contributed by atoms with Gasteiger partial charge in [0, 0.05) is 49.1 Å². The number of benzene rings is 1. The average Bonchev–Trinajstić information content (AvgIpc) is 3.59. The monoisotopic (exact) mass is 533 g/mol. The van der Waals surface area contributed by atoms with E-state index in [4.69, 9.17) is 5.11 Å². The number of anilines is 1. The van der Waals surface area contributed by atoms with E-state index in [0.717, 1.165) is 55.3 Å². The van der Waals surface area contributed by atoms with Crippen LogP contribution in [0.2, 0.25) is 0 Å². The van der Waals surface area contributed by atoms with Crippen LogP contribution in [0.25, 0.3) is 0 Å². The van der Waals surface area contributed by atoms with Crippen molar-refractivity contribution in [2.24, 2.45) is 0 Å². The normalized spacial score (nSPS) is 23.9. The van der Waals surface area contributed by atoms with Gasteiger partial charge in [-0.1, -0.05) is 6.07 Å². The number of carboxylic acid groups (broad SMARTS) is 1. The molecule has 1 N–H and O–H groups in total. The second kappa shape index (κ2) is 9.91. The van der Waals surface area contributed by atoms with Crippen LogP contribution in [0.5, 0.6) is 0 Å². The molecule has 1 aromatic carbocycles. The van der Waals surface area contributed by atoms with Crippen molar-refractivity contribution < 1.29 is 27.9 Å². The lowest BCUT2D eigenvalue weighted by Gasteiger charge is -2.45. The van der Waals surface area contributed by atoms with Gasteiger partial charge in [0.1, 0.15) is 0 Å². The molecule has 1 amide bonds. The van der Waals surface area contributed by atoms with Crippen LogP contribution in [-0.4, -0.2) is 73.9 Å². The van der Waals surface area contributed by atoms with Crippen LogP contribution in [0, 0.1) is 0 Å². The lowest BCUT2D eigenvalue weighted by Crippen LogP contribution is -2.53. The minimum absolute atomic E-state index is 0.116. The number of likely N-dealkylation sites (tertiary alicyclic amines) is 2. The van der Waals surface area contributed by atoms with E-state index in [1.54, 1.807) is 11.0 Å². The number of hydrogen-bond acceptors (Lipinski definition) is 5. The van der Waals surface area contributed by atoms with Crippen molar-refractivity contribution >= 4 is 17.7 Å². The van der Waals surface area contributed by atoms with Crippen LogP contribution in [0.4, 0.5) is 23.7 Å². The van der Waals surface area contributed by atoms with Crippen molar-refractivity contribution in [2.45, 2.75) is 82.7 Å². The summed E-state index contributed by atoms with van der Waals surface area (Å²) in [4.78, 5) is 30.3. The number of aromatic nitrogens is 2. The van der Waals surface area contributed by atoms with E-state index in [-0.39, 0.29) is 29.3 Å². The third kappa shape index (κ3) is 4.88. The second-order valence-electron chi connectivity index (χ2n) is 11.0. The van der Waals surface area contributed by atoms with E-state index in [2.05, 4.69) is 28.7 Å². The molecule has 2 aromatic rings. The van der Waals surface area contributed by atoms with Gasteiger partial charge in [0.15, 0.2) is 5.69 Å². The van der Waals surface area contributed by atoms with Crippen molar-refractivity contribution in [3.8, 4) is 0 Å². The Morgan fingerprint density at radius 3 is 2.34 bits per heavy atom. The quantitative estimate of drug-likeness (QED) is 0.591. The zero-order valence-electron chi connectivity index (χ0n) is 21.7. The Morgan fingerprint density at radius 2 is 1.74 bits per heavy atom. The minimum atomic E-state index is -4.40. The Morgan fingerprint density at radius 1 is 1.05 bits per heavy atom. The lowest BCUT2D eigenvalue weighted by molar-refractivity contribution is -0.137. The number of piperidine rings is 1. The molecular weight excluding hydrogens is 499 g/mol. The molecular formula is C27H34F3N5O3. The molecule has 0 bridgehead atoms. The van der Waals surface area contributed by atoms with Gasteiger partial charge in [-0.15, -0.1) is 0 Å². The molecule has 38 heavy (non-hydrogen) atoms. The van der Waals surface area contributed by atoms with E-state index in [1.807, 2.05) is 0 Å². The van der Waals surface area contributed by atoms with Crippen molar-refractivity contribution in [2.75, 3.05) is 24.5 Å². The molecule has 8 nitrogen and oxygen atoms in total. The van der Waals surface area contributed by atoms with Crippen molar-refractivity contribution in [1.29, 1.82) is 0 Å². The molecule has 2 atom stereocenters. The Balaban J connectivity index is 1.34. The maximum Gasteiger partial charge on any atom is 0.416 e. The molecule has 0 unspecified atom stereocenters. The van der Waals surface area contributed by atoms with Crippen molar-refractivity contribution in [3.05, 3.63) is 47.3 Å². The number of alkyl halides is 3. The summed E-state index contributed by atoms with van der Waals surface area (Å²) in [5.41, 5.74) is 0.684. The standard InChI is InChI=1S/C27H34F3N5O3/c1-18-4-5-19(2)35(18)23-16-21(27(28,29)30)7-6-20(23)17-33-12-3-9-26(33)10-14-32(15-11-26)25(38)34-13-8-22(31-34)24(36)37/h6-8,13,16,18-19H,3-5,9-12,14-15,17H2,1-2H3,(H,36,37)/t18-,19+. The molecule has 0 aliphatic carbocycles. The Bertz CT molecular complexity index is 1190. The Labute approximate surface area is 220 Å². The summed E-state index contributed by atoms with van der Waals surface area (Å²) in [6.45, 7) is 6.61. The largest absolute Gasteiger partial charge is 0.476 e. The topological polar surface area (TPSA) is 81.9 Å². The van der Waals surface area contributed by atoms with Gasteiger partial charge in [0.2, 0.25) is 0 Å². The van der Waals surface area contributed by atoms with Crippen molar-refractivity contribution in [1.82, 2.24) is 19.6 Å². The van der Waals surface area contributed by atoms with Gasteiger partial charge in [-0.3, -0.25) is 4.90 Å². The first kappa shape index (κ1) is 26.5. The van der Waals surface area contributed by atoms with Gasteiger partial charge in [-0.05, 0) is 82.7 Å². The molecule has 206 valence electrons. The Kier molecular flexibility index (Phi) is 6.91. The molecule has 11 heteroatoms. The number of aromatic carboxylic acids is 1. The van der Waals surface area contributed by atoms with Crippen LogP contribution in [0.15, 0.2) is 30.5 Å². The molecule has 3 aliphatic rings. The second-order valence-corrected chi connectivity index (χ2v) is 11.0. The lowest BCUT2D eigenvalue weighted by atomic mass is 9.84. The molecule has 0 radical (unpaired) electrons. The highest BCUT2D eigenvalue weighted by atomic mass is 19.4. The summed E-state index contributed by atoms with van der Waals surface area (Å²) in [5.74, 6) is -1.18. The SMILES string of the molecule is C[C@@H]1CC[C@H](C)N1c1cc(C(F)(F)F)ccc1CN1CCCC12CCN(C(=O)n1ccc(C(=O)O)n1)CC2. The fourth-order valence-corrected chi connectivity index (χ4v) is 6.60. The zero-order chi connectivity index (χ0) is 27.2. The van der Waals surface area contributed by atoms with Gasteiger partial charge in [0.05, 0.1) is 5.56 Å². The van der Waals surface area contributed by atoms with Crippen LogP contribution >= 0.6 is 0 Å². The number of amides is 1. The Hall–Kier alpha value is -3.08. The highest BCUT2D eigenvalue weighted by molar-refractivity contribution is 5.86. The summed E-state index contributed by atoms with van der Waals surface area (Å²) in [6.07, 6.45) is 2.36. The third-order valence-corrected chi connectivity index (χ3v) is 8.71. The van der Waals surface area contributed by atoms with Gasteiger partial charge in [-0.25, -0.2) is 9.59 Å². The average molecular weight is 534 g/mol. The van der Waals surface area contributed by atoms with Crippen LogP contribution in [0.3, 0.4) is 0 Å². The smallest absolute Gasteiger partial charge is 0.416 e. The number of carbonyl (C=O) groups is 2. The number of nitrogens with zero attached hydrogens (tertiary/aromatic N) is 5. The van der Waals surface area contributed by atoms with Crippen LogP contribution in [0.1, 0.15) is 74.0 Å². The number of halogens is 3. The minimum Gasteiger partial charge on any atom is -0.476 e. The predicted molar refractivity (Wildman–Crippen MR) is 135 cm³/mol. The fraction of sp³-hybridized carbons (Fsp3) is 0.593. The fourth-order valence-electron chi connectivity index (χ4n) is 6.60. The van der Waals surface area contributed by atoms with Gasteiger partial charge >= 0.3 is 18.2 Å². The van der Waals surface area contributed by atoms with Crippen LogP contribution in [-0.2, 0) is 12.7 Å². The zero-order valence-corrected chi connectivity index (χ0v) is 21.7. The highest BCUT2D eigenvalue weighted by Crippen LogP contribution is 2.43. The predicted octanol–water partition coefficient (Wildman–Crippen LogP) is 5.08. The summed E-state index contributed by atoms with van der Waals surface area (Å²) in [6, 6.07) is 5.48. The van der Waals surface area contributed by atoms with E-state index in [9.17, 15) is 22.8 Å². The van der Waals surface area contributed by atoms with Crippen LogP contribution < -0.4 is 4.90 Å². The van der Waals surface area contributed by atoms with Crippen molar-refractivity contribution in [3.63, 3.8) is 0 Å². The number of carbonyl (C=O) groups excluding carboxylic acids is 1. The molecule has 3 aliphatic heterocycles. The maximum absolute atomic E-state index is 13.6. The number of carboxylic acids is 1. The van der Waals surface area contributed by atoms with E-state index in [0.29, 0.717) is 25.3 Å². The van der Waals surface area contributed by atoms with Gasteiger partial charge in [-0.2, -0.15) is 23.0 Å². The van der Waals surface area contributed by atoms with E-state index >= 15 is 0 Å². The molecule has 0 saturated carbocycles. The van der Waals surface area contributed by atoms with E-state index < -0.39 is 17.7 Å². The summed E-state index contributed by atoms with van der Waals surface area (Å²) >= 11 is 0.